The molecule has 0 saturated carbocycles. The predicted molar refractivity (Wildman–Crippen MR) is 377 cm³/mol. The van der Waals surface area contributed by atoms with Gasteiger partial charge in [0.15, 0.2) is 32.7 Å². The van der Waals surface area contributed by atoms with Gasteiger partial charge in [-0.2, -0.15) is 41.9 Å². The summed E-state index contributed by atoms with van der Waals surface area (Å²) in [7, 11) is 1.21. The number of nitrogens with zero attached hydrogens (tertiary/aromatic N) is 10. The first kappa shape index (κ1) is 80.7. The van der Waals surface area contributed by atoms with Gasteiger partial charge in [-0.15, -0.1) is 0 Å². The highest BCUT2D eigenvalue weighted by Crippen LogP contribution is 2.32. The van der Waals surface area contributed by atoms with Crippen molar-refractivity contribution in [2.75, 3.05) is 13.7 Å². The number of aromatic nitrogens is 10. The lowest BCUT2D eigenvalue weighted by molar-refractivity contribution is 0.0351. The molecule has 0 aliphatic rings. The maximum Gasteiger partial charge on any atom is 0.359 e. The summed E-state index contributed by atoms with van der Waals surface area (Å²) in [5, 5.41) is -0.275. The Hall–Kier alpha value is -9.31. The Balaban J connectivity index is 0.000000199. The van der Waals surface area contributed by atoms with Gasteiger partial charge in [-0.3, -0.25) is 18.3 Å². The molecule has 0 aliphatic carbocycles. The van der Waals surface area contributed by atoms with E-state index in [1.807, 2.05) is 172 Å². The second-order valence-corrected chi connectivity index (χ2v) is 25.0. The minimum Gasteiger partial charge on any atom is -0.464 e. The number of rotatable bonds is 19. The molecule has 10 aromatic rings. The Morgan fingerprint density at radius 2 is 0.762 bits per heavy atom. The number of methoxy groups -OCH3 is 1. The second kappa shape index (κ2) is 37.9. The van der Waals surface area contributed by atoms with Crippen molar-refractivity contribution < 1.29 is 69.6 Å². The van der Waals surface area contributed by atoms with Crippen LogP contribution < -0.4 is 0 Å². The van der Waals surface area contributed by atoms with E-state index < -0.39 is 66.0 Å². The molecule has 0 N–H and O–H groups in total. The molecule has 5 aromatic heterocycles. The zero-order valence-corrected chi connectivity index (χ0v) is 62.0. The third-order valence-corrected chi connectivity index (χ3v) is 16.5. The summed E-state index contributed by atoms with van der Waals surface area (Å²) in [6.45, 7) is 21.2. The minimum absolute atomic E-state index is 0.0702. The molecule has 10 rings (SSSR count). The van der Waals surface area contributed by atoms with Crippen LogP contribution in [0.3, 0.4) is 0 Å². The van der Waals surface area contributed by atoms with Gasteiger partial charge >= 0.3 is 29.8 Å². The van der Waals surface area contributed by atoms with Crippen LogP contribution in [0.5, 0.6) is 0 Å². The van der Waals surface area contributed by atoms with Crippen LogP contribution in [0.4, 0.5) is 22.0 Å². The van der Waals surface area contributed by atoms with Gasteiger partial charge in [0, 0.05) is 0 Å². The zero-order chi connectivity index (χ0) is 74.5. The molecule has 5 atom stereocenters. The summed E-state index contributed by atoms with van der Waals surface area (Å²) in [6, 6.07) is 45.0. The van der Waals surface area contributed by atoms with Crippen molar-refractivity contribution >= 4 is 84.9 Å². The van der Waals surface area contributed by atoms with Gasteiger partial charge in [0.25, 0.3) is 18.2 Å². The summed E-state index contributed by atoms with van der Waals surface area (Å²) in [4.78, 5) is 77.8. The molecule has 0 radical (unpaired) electrons. The number of halogens is 9. The topological polar surface area (TPSA) is 221 Å². The van der Waals surface area contributed by atoms with E-state index in [1.165, 1.54) is 31.6 Å². The van der Waals surface area contributed by atoms with Gasteiger partial charge in [-0.1, -0.05) is 163 Å². The van der Waals surface area contributed by atoms with Gasteiger partial charge in [0.1, 0.15) is 10.3 Å². The average Bonchev–Trinajstić information content (AvgIpc) is 1.70. The molecule has 0 saturated heterocycles. The van der Waals surface area contributed by atoms with Gasteiger partial charge in [0.05, 0.1) is 68.4 Å². The standard InChI is InChI=1S/C15H16BrFN2O2.C15H16ClFN2O2.C15H17FN2O2.C14H14ClFN2O2.C13H12BrFN2O2/c2*1-9(2)21-14(20)12-13(16)18-15(17)19(12)10(3)11-7-5-4-6-8-11;1-10(2)20-14(19)13-9-17-15(16)18(13)11(3)12-7-5-4-6-8-12;1-3-20-13(19)11-12(16)17-14(15)18(11)9(2)10-7-5-4-6-8-10;1-8(9-6-4-3-5-7-9)17-10(12(18)19-2)11(15)16-13(17)14/h2*4-10H,1-3H3;4-11H,1-3H3;4-9H,3H2,1-2H3;3-8H,1-2H3/t2*10-;11-;9-;8-/m11111/s1. The normalized spacial score (nSPS) is 12.4. The van der Waals surface area contributed by atoms with Crippen molar-refractivity contribution in [1.82, 2.24) is 47.8 Å². The summed E-state index contributed by atoms with van der Waals surface area (Å²) in [5.41, 5.74) is 4.11. The lowest BCUT2D eigenvalue weighted by Gasteiger charge is -2.17. The molecule has 0 unspecified atom stereocenters. The van der Waals surface area contributed by atoms with Crippen LogP contribution in [-0.2, 0) is 23.7 Å². The van der Waals surface area contributed by atoms with Gasteiger partial charge in [0.2, 0.25) is 17.2 Å². The number of benzene rings is 5. The number of carbonyl (C=O) groups is 5. The number of hydrogen-bond acceptors (Lipinski definition) is 15. The molecule has 29 heteroatoms. The van der Waals surface area contributed by atoms with E-state index >= 15 is 0 Å². The van der Waals surface area contributed by atoms with Crippen molar-refractivity contribution in [3.63, 3.8) is 0 Å². The summed E-state index contributed by atoms with van der Waals surface area (Å²) < 4.78 is 101. The van der Waals surface area contributed by atoms with Crippen molar-refractivity contribution in [3.8, 4) is 0 Å². The summed E-state index contributed by atoms with van der Waals surface area (Å²) in [6.07, 6.45) is -1.91. The fraction of sp³-hybridized carbons (Fsp3) is 0.306. The number of ether oxygens (including phenoxy) is 5. The van der Waals surface area contributed by atoms with Crippen LogP contribution in [0.15, 0.2) is 167 Å². The highest BCUT2D eigenvalue weighted by Gasteiger charge is 2.32. The minimum atomic E-state index is -0.920. The fourth-order valence-electron chi connectivity index (χ4n) is 10.0. The van der Waals surface area contributed by atoms with Gasteiger partial charge < -0.3 is 28.3 Å². The monoisotopic (exact) mass is 1560 g/mol. The lowest BCUT2D eigenvalue weighted by Crippen LogP contribution is -2.20. The van der Waals surface area contributed by atoms with E-state index in [2.05, 4.69) is 61.5 Å². The highest BCUT2D eigenvalue weighted by molar-refractivity contribution is 9.10. The molecular formula is C72H75Br2Cl2F5N10O10. The number of esters is 5. The van der Waals surface area contributed by atoms with E-state index in [9.17, 15) is 45.9 Å². The van der Waals surface area contributed by atoms with E-state index in [4.69, 9.17) is 42.1 Å². The fourth-order valence-corrected chi connectivity index (χ4v) is 11.7. The molecule has 0 amide bonds. The van der Waals surface area contributed by atoms with E-state index in [0.717, 1.165) is 32.4 Å². The average molecular weight is 1570 g/mol. The molecule has 20 nitrogen and oxygen atoms in total. The molecule has 5 heterocycles. The predicted octanol–water partition coefficient (Wildman–Crippen LogP) is 17.6. The van der Waals surface area contributed by atoms with Gasteiger partial charge in [-0.05, 0) is 154 Å². The summed E-state index contributed by atoms with van der Waals surface area (Å²) >= 11 is 18.1. The molecule has 536 valence electrons. The van der Waals surface area contributed by atoms with Crippen LogP contribution in [0.2, 0.25) is 10.4 Å². The third-order valence-electron chi connectivity index (χ3n) is 14.9. The number of hydrogen-bond donors (Lipinski definition) is 0. The van der Waals surface area contributed by atoms with Crippen molar-refractivity contribution in [1.29, 1.82) is 0 Å². The highest BCUT2D eigenvalue weighted by atomic mass is 79.9. The first-order valence-corrected chi connectivity index (χ1v) is 33.9. The number of imidazole rings is 5. The maximum atomic E-state index is 14.1. The van der Waals surface area contributed by atoms with Crippen molar-refractivity contribution in [2.45, 2.75) is 132 Å². The van der Waals surface area contributed by atoms with Crippen LogP contribution in [0, 0.1) is 30.1 Å². The molecule has 5 aromatic carbocycles. The Labute approximate surface area is 608 Å². The molecular weight excluding hydrogens is 1490 g/mol. The van der Waals surface area contributed by atoms with Gasteiger partial charge in [-0.25, -0.2) is 29.0 Å². The van der Waals surface area contributed by atoms with Crippen LogP contribution in [0.25, 0.3) is 0 Å². The Morgan fingerprint density at radius 3 is 1.17 bits per heavy atom. The molecule has 0 bridgehead atoms. The summed E-state index contributed by atoms with van der Waals surface area (Å²) in [5.74, 6) is -5.15. The zero-order valence-electron chi connectivity index (χ0n) is 57.3. The number of carbonyl (C=O) groups excluding carboxylic acids is 5. The first-order valence-electron chi connectivity index (χ1n) is 31.5. The smallest absolute Gasteiger partial charge is 0.359 e. The van der Waals surface area contributed by atoms with E-state index in [1.54, 1.807) is 62.3 Å². The maximum absolute atomic E-state index is 14.1. The Bertz CT molecular complexity index is 4260. The Kier molecular flexibility index (Phi) is 30.3. The van der Waals surface area contributed by atoms with Crippen LogP contribution >= 0.6 is 55.1 Å². The molecule has 101 heavy (non-hydrogen) atoms. The Morgan fingerprint density at radius 1 is 0.416 bits per heavy atom. The third kappa shape index (κ3) is 20.9. The molecule has 0 fully saturated rings. The quantitative estimate of drug-likeness (QED) is 0.0417. The SMILES string of the molecule is CC(C)OC(=O)c1c(Br)nc(F)n1[C@H](C)c1ccccc1.CC(C)OC(=O)c1c(Cl)nc(F)n1[C@H](C)c1ccccc1.CC(C)OC(=O)c1cnc(F)n1[C@H](C)c1ccccc1.CCOC(=O)c1c(F)nc(Cl)n1[C@H](C)c1ccccc1.COC(=O)c1c(F)nc(Br)n1[C@H](C)c1ccccc1. The van der Waals surface area contributed by atoms with Crippen LogP contribution in [-0.4, -0.2) is 110 Å². The molecule has 0 aliphatic heterocycles. The second-order valence-electron chi connectivity index (χ2n) is 22.9. The molecule has 0 spiro atoms. The lowest BCUT2D eigenvalue weighted by atomic mass is 10.1. The van der Waals surface area contributed by atoms with Crippen molar-refractivity contribution in [2.24, 2.45) is 0 Å². The van der Waals surface area contributed by atoms with Crippen molar-refractivity contribution in [3.05, 3.63) is 264 Å². The van der Waals surface area contributed by atoms with E-state index in [-0.39, 0.29) is 97.3 Å². The first-order chi connectivity index (χ1) is 47.9. The largest absolute Gasteiger partial charge is 0.464 e. The van der Waals surface area contributed by atoms with Crippen LogP contribution in [0.1, 0.15) is 194 Å². The van der Waals surface area contributed by atoms with E-state index in [0.29, 0.717) is 0 Å².